The van der Waals surface area contributed by atoms with Crippen LogP contribution in [0.1, 0.15) is 40.5 Å². The Kier molecular flexibility index (Phi) is 7.05. The van der Waals surface area contributed by atoms with Crippen LogP contribution in [-0.2, 0) is 11.3 Å². The van der Waals surface area contributed by atoms with Gasteiger partial charge < -0.3 is 5.32 Å². The van der Waals surface area contributed by atoms with Crippen LogP contribution in [0, 0.1) is 5.92 Å². The molecule has 136 valence electrons. The van der Waals surface area contributed by atoms with Crippen molar-refractivity contribution in [3.05, 3.63) is 34.6 Å². The number of hydrogen-bond donors (Lipinski definition) is 1. The first-order chi connectivity index (χ1) is 11.9. The highest BCUT2D eigenvalue weighted by Crippen LogP contribution is 2.18. The summed E-state index contributed by atoms with van der Waals surface area (Å²) in [5.74, 6) is 0.611. The van der Waals surface area contributed by atoms with Gasteiger partial charge in [0.2, 0.25) is 5.91 Å². The number of amides is 1. The second-order valence-corrected chi connectivity index (χ2v) is 7.55. The standard InChI is InChI=1S/C19H27N3O2S/c1-5-6-11-22-18(24)15-9-7-8-10-16(15)21-19(22)25-12-17(23)20-14(4)13(2)3/h7-10,13-14H,5-6,11-12H2,1-4H3,(H,20,23)/t14-/m0/s1. The SMILES string of the molecule is CCCCn1c(SCC(=O)N[C@@H](C)C(C)C)nc2ccccc2c1=O. The number of hydrogen-bond acceptors (Lipinski definition) is 4. The van der Waals surface area contributed by atoms with Crippen molar-refractivity contribution in [2.45, 2.75) is 58.3 Å². The van der Waals surface area contributed by atoms with Crippen LogP contribution in [0.15, 0.2) is 34.2 Å². The van der Waals surface area contributed by atoms with Gasteiger partial charge in [0.1, 0.15) is 0 Å². The number of benzene rings is 1. The molecule has 2 rings (SSSR count). The Labute approximate surface area is 153 Å². The first kappa shape index (κ1) is 19.5. The molecule has 0 saturated carbocycles. The molecule has 0 fully saturated rings. The van der Waals surface area contributed by atoms with Crippen LogP contribution in [-0.4, -0.2) is 27.3 Å². The minimum absolute atomic E-state index is 0.0301. The molecule has 0 unspecified atom stereocenters. The van der Waals surface area contributed by atoms with Crippen LogP contribution >= 0.6 is 11.8 Å². The number of nitrogens with zero attached hydrogens (tertiary/aromatic N) is 2. The summed E-state index contributed by atoms with van der Waals surface area (Å²) in [5.41, 5.74) is 0.649. The van der Waals surface area contributed by atoms with E-state index in [1.165, 1.54) is 11.8 Å². The summed E-state index contributed by atoms with van der Waals surface area (Å²) >= 11 is 1.33. The molecule has 1 aromatic carbocycles. The molecule has 0 radical (unpaired) electrons. The van der Waals surface area contributed by atoms with Gasteiger partial charge >= 0.3 is 0 Å². The van der Waals surface area contributed by atoms with E-state index in [-0.39, 0.29) is 23.3 Å². The van der Waals surface area contributed by atoms with Crippen molar-refractivity contribution in [1.29, 1.82) is 0 Å². The first-order valence-electron chi connectivity index (χ1n) is 8.85. The Morgan fingerprint density at radius 2 is 2.00 bits per heavy atom. The second kappa shape index (κ2) is 9.04. The Morgan fingerprint density at radius 3 is 2.68 bits per heavy atom. The third kappa shape index (κ3) is 5.08. The van der Waals surface area contributed by atoms with E-state index < -0.39 is 0 Å². The van der Waals surface area contributed by atoms with Crippen molar-refractivity contribution in [2.24, 2.45) is 5.92 Å². The van der Waals surface area contributed by atoms with Crippen LogP contribution in [0.2, 0.25) is 0 Å². The summed E-state index contributed by atoms with van der Waals surface area (Å²) in [5, 5.41) is 4.23. The van der Waals surface area contributed by atoms with Crippen LogP contribution in [0.5, 0.6) is 0 Å². The van der Waals surface area contributed by atoms with E-state index in [1.807, 2.05) is 25.1 Å². The maximum absolute atomic E-state index is 12.8. The fourth-order valence-electron chi connectivity index (χ4n) is 2.36. The van der Waals surface area contributed by atoms with Crippen molar-refractivity contribution in [2.75, 3.05) is 5.75 Å². The van der Waals surface area contributed by atoms with E-state index >= 15 is 0 Å². The van der Waals surface area contributed by atoms with Crippen molar-refractivity contribution < 1.29 is 4.79 Å². The molecular formula is C19H27N3O2S. The molecule has 1 heterocycles. The number of carbonyl (C=O) groups excluding carboxylic acids is 1. The highest BCUT2D eigenvalue weighted by molar-refractivity contribution is 7.99. The summed E-state index contributed by atoms with van der Waals surface area (Å²) in [7, 11) is 0. The highest BCUT2D eigenvalue weighted by Gasteiger charge is 2.15. The molecule has 1 amide bonds. The third-order valence-electron chi connectivity index (χ3n) is 4.28. The summed E-state index contributed by atoms with van der Waals surface area (Å²) in [4.78, 5) is 29.6. The quantitative estimate of drug-likeness (QED) is 0.578. The van der Waals surface area contributed by atoms with Crippen LogP contribution in [0.25, 0.3) is 10.9 Å². The lowest BCUT2D eigenvalue weighted by Crippen LogP contribution is -2.37. The fourth-order valence-corrected chi connectivity index (χ4v) is 3.20. The van der Waals surface area contributed by atoms with Crippen LogP contribution < -0.4 is 10.9 Å². The van der Waals surface area contributed by atoms with E-state index in [4.69, 9.17) is 0 Å². The van der Waals surface area contributed by atoms with E-state index in [9.17, 15) is 9.59 Å². The Bertz CT molecular complexity index is 786. The van der Waals surface area contributed by atoms with E-state index in [0.717, 1.165) is 12.8 Å². The Balaban J connectivity index is 2.23. The monoisotopic (exact) mass is 361 g/mol. The summed E-state index contributed by atoms with van der Waals surface area (Å²) < 4.78 is 1.70. The number of aromatic nitrogens is 2. The van der Waals surface area contributed by atoms with Gasteiger partial charge in [0.15, 0.2) is 5.16 Å². The van der Waals surface area contributed by atoms with Gasteiger partial charge in [0, 0.05) is 12.6 Å². The molecule has 0 saturated heterocycles. The van der Waals surface area contributed by atoms with E-state index in [1.54, 1.807) is 10.6 Å². The normalized spacial score (nSPS) is 12.5. The molecule has 5 nitrogen and oxygen atoms in total. The first-order valence-corrected chi connectivity index (χ1v) is 9.84. The van der Waals surface area contributed by atoms with Gasteiger partial charge in [-0.3, -0.25) is 14.2 Å². The molecule has 1 aromatic heterocycles. The lowest BCUT2D eigenvalue weighted by molar-refractivity contribution is -0.119. The number of unbranched alkanes of at least 4 members (excludes halogenated alkanes) is 1. The molecule has 0 aliphatic heterocycles. The maximum atomic E-state index is 12.8. The smallest absolute Gasteiger partial charge is 0.262 e. The largest absolute Gasteiger partial charge is 0.353 e. The van der Waals surface area contributed by atoms with Crippen LogP contribution in [0.3, 0.4) is 0 Å². The molecule has 0 bridgehead atoms. The summed E-state index contributed by atoms with van der Waals surface area (Å²) in [6.45, 7) is 8.86. The minimum atomic E-state index is -0.0318. The van der Waals surface area contributed by atoms with Gasteiger partial charge in [-0.05, 0) is 31.4 Å². The lowest BCUT2D eigenvalue weighted by Gasteiger charge is -2.17. The highest BCUT2D eigenvalue weighted by atomic mass is 32.2. The zero-order valence-electron chi connectivity index (χ0n) is 15.4. The van der Waals surface area contributed by atoms with Gasteiger partial charge in [-0.25, -0.2) is 4.98 Å². The molecule has 2 aromatic rings. The molecular weight excluding hydrogens is 334 g/mol. The zero-order valence-corrected chi connectivity index (χ0v) is 16.2. The second-order valence-electron chi connectivity index (χ2n) is 6.61. The zero-order chi connectivity index (χ0) is 18.4. The number of nitrogens with one attached hydrogen (secondary N) is 1. The topological polar surface area (TPSA) is 64.0 Å². The molecule has 0 spiro atoms. The average molecular weight is 362 g/mol. The fraction of sp³-hybridized carbons (Fsp3) is 0.526. The van der Waals surface area contributed by atoms with Crippen molar-refractivity contribution in [3.8, 4) is 0 Å². The van der Waals surface area contributed by atoms with Crippen LogP contribution in [0.4, 0.5) is 0 Å². The predicted molar refractivity (Wildman–Crippen MR) is 104 cm³/mol. The van der Waals surface area contributed by atoms with Crippen molar-refractivity contribution in [1.82, 2.24) is 14.9 Å². The van der Waals surface area contributed by atoms with Gasteiger partial charge in [0.05, 0.1) is 16.7 Å². The van der Waals surface area contributed by atoms with Crippen molar-refractivity contribution in [3.63, 3.8) is 0 Å². The average Bonchev–Trinajstić information content (AvgIpc) is 2.59. The maximum Gasteiger partial charge on any atom is 0.262 e. The van der Waals surface area contributed by atoms with Gasteiger partial charge in [-0.15, -0.1) is 0 Å². The predicted octanol–water partition coefficient (Wildman–Crippen LogP) is 3.45. The number of fused-ring (bicyclic) bond motifs is 1. The Morgan fingerprint density at radius 1 is 1.28 bits per heavy atom. The van der Waals surface area contributed by atoms with E-state index in [0.29, 0.717) is 28.5 Å². The Hall–Kier alpha value is -1.82. The number of thioether (sulfide) groups is 1. The van der Waals surface area contributed by atoms with Gasteiger partial charge in [0.25, 0.3) is 5.56 Å². The van der Waals surface area contributed by atoms with Gasteiger partial charge in [-0.1, -0.05) is 51.1 Å². The summed E-state index contributed by atoms with van der Waals surface area (Å²) in [6, 6.07) is 7.49. The molecule has 0 aliphatic rings. The van der Waals surface area contributed by atoms with Gasteiger partial charge in [-0.2, -0.15) is 0 Å². The summed E-state index contributed by atoms with van der Waals surface area (Å²) in [6.07, 6.45) is 1.90. The third-order valence-corrected chi connectivity index (χ3v) is 5.26. The number of para-hydroxylation sites is 1. The lowest BCUT2D eigenvalue weighted by atomic mass is 10.1. The molecule has 1 atom stereocenters. The molecule has 0 aliphatic carbocycles. The number of carbonyl (C=O) groups is 1. The minimum Gasteiger partial charge on any atom is -0.353 e. The van der Waals surface area contributed by atoms with E-state index in [2.05, 4.69) is 31.1 Å². The molecule has 25 heavy (non-hydrogen) atoms. The number of rotatable bonds is 8. The van der Waals surface area contributed by atoms with Crippen molar-refractivity contribution >= 4 is 28.6 Å². The molecule has 6 heteroatoms. The molecule has 1 N–H and O–H groups in total.